The van der Waals surface area contributed by atoms with E-state index in [-0.39, 0.29) is 11.1 Å². The molecular weight excluding hydrogens is 242 g/mol. The molecule has 1 N–H and O–H groups in total. The standard InChI is InChI=1S/C15H13NO3/c17-14-11-13(15(18)19)8-10-16(14)9-4-7-12-5-2-1-3-6-12/h1-8,10-11H,9H2,(H,18,19)/b7-4+. The largest absolute Gasteiger partial charge is 0.478 e. The number of hydrogen-bond acceptors (Lipinski definition) is 2. The minimum atomic E-state index is -1.09. The maximum atomic E-state index is 11.7. The summed E-state index contributed by atoms with van der Waals surface area (Å²) in [6.07, 6.45) is 5.26. The summed E-state index contributed by atoms with van der Waals surface area (Å²) in [6, 6.07) is 12.3. The molecule has 4 heteroatoms. The topological polar surface area (TPSA) is 59.3 Å². The Kier molecular flexibility index (Phi) is 3.93. The van der Waals surface area contributed by atoms with E-state index in [0.29, 0.717) is 6.54 Å². The highest BCUT2D eigenvalue weighted by atomic mass is 16.4. The van der Waals surface area contributed by atoms with Crippen LogP contribution < -0.4 is 5.56 Å². The molecule has 0 radical (unpaired) electrons. The van der Waals surface area contributed by atoms with E-state index in [1.54, 1.807) is 0 Å². The van der Waals surface area contributed by atoms with E-state index in [1.165, 1.54) is 16.8 Å². The van der Waals surface area contributed by atoms with E-state index >= 15 is 0 Å². The predicted molar refractivity (Wildman–Crippen MR) is 73.1 cm³/mol. The van der Waals surface area contributed by atoms with Gasteiger partial charge < -0.3 is 9.67 Å². The Bertz CT molecular complexity index is 657. The second-order valence-electron chi connectivity index (χ2n) is 4.02. The number of nitrogens with zero attached hydrogens (tertiary/aromatic N) is 1. The number of carbonyl (C=O) groups is 1. The van der Waals surface area contributed by atoms with Gasteiger partial charge in [0.05, 0.1) is 5.56 Å². The average Bonchev–Trinajstić information content (AvgIpc) is 2.41. The van der Waals surface area contributed by atoms with Gasteiger partial charge in [-0.2, -0.15) is 0 Å². The number of allylic oxidation sites excluding steroid dienone is 1. The first kappa shape index (κ1) is 12.8. The van der Waals surface area contributed by atoms with Crippen LogP contribution in [0.15, 0.2) is 59.5 Å². The Labute approximate surface area is 110 Å². The van der Waals surface area contributed by atoms with E-state index < -0.39 is 5.97 Å². The highest BCUT2D eigenvalue weighted by Gasteiger charge is 2.03. The fourth-order valence-corrected chi connectivity index (χ4v) is 1.66. The maximum absolute atomic E-state index is 11.7. The Balaban J connectivity index is 2.10. The van der Waals surface area contributed by atoms with Crippen molar-refractivity contribution in [3.63, 3.8) is 0 Å². The second kappa shape index (κ2) is 5.82. The van der Waals surface area contributed by atoms with Gasteiger partial charge in [0.15, 0.2) is 0 Å². The Morgan fingerprint density at radius 2 is 1.95 bits per heavy atom. The van der Waals surface area contributed by atoms with Crippen LogP contribution in [0.25, 0.3) is 6.08 Å². The number of carboxylic acids is 1. The van der Waals surface area contributed by atoms with Crippen molar-refractivity contribution in [2.45, 2.75) is 6.54 Å². The van der Waals surface area contributed by atoms with Crippen molar-refractivity contribution in [1.29, 1.82) is 0 Å². The number of pyridine rings is 1. The molecule has 0 fully saturated rings. The summed E-state index contributed by atoms with van der Waals surface area (Å²) < 4.78 is 1.45. The van der Waals surface area contributed by atoms with Crippen molar-refractivity contribution in [3.8, 4) is 0 Å². The van der Waals surface area contributed by atoms with Crippen LogP contribution in [-0.2, 0) is 6.54 Å². The van der Waals surface area contributed by atoms with Crippen molar-refractivity contribution < 1.29 is 9.90 Å². The minimum absolute atomic E-state index is 0.00767. The Morgan fingerprint density at radius 3 is 2.58 bits per heavy atom. The zero-order chi connectivity index (χ0) is 13.7. The van der Waals surface area contributed by atoms with Gasteiger partial charge >= 0.3 is 5.97 Å². The second-order valence-corrected chi connectivity index (χ2v) is 4.02. The summed E-state index contributed by atoms with van der Waals surface area (Å²) in [4.78, 5) is 22.4. The van der Waals surface area contributed by atoms with Crippen LogP contribution in [0.1, 0.15) is 15.9 Å². The molecule has 0 aliphatic heterocycles. The highest BCUT2D eigenvalue weighted by molar-refractivity contribution is 5.87. The van der Waals surface area contributed by atoms with Crippen molar-refractivity contribution in [1.82, 2.24) is 4.57 Å². The third-order valence-corrected chi connectivity index (χ3v) is 2.66. The minimum Gasteiger partial charge on any atom is -0.478 e. The zero-order valence-corrected chi connectivity index (χ0v) is 10.2. The molecule has 1 aromatic carbocycles. The quantitative estimate of drug-likeness (QED) is 0.911. The van der Waals surface area contributed by atoms with E-state index in [9.17, 15) is 9.59 Å². The molecule has 1 aromatic heterocycles. The summed E-state index contributed by atoms with van der Waals surface area (Å²) in [6.45, 7) is 0.410. The molecule has 0 unspecified atom stereocenters. The van der Waals surface area contributed by atoms with Gasteiger partial charge in [-0.3, -0.25) is 4.79 Å². The zero-order valence-electron chi connectivity index (χ0n) is 10.2. The van der Waals surface area contributed by atoms with E-state index in [1.807, 2.05) is 42.5 Å². The van der Waals surface area contributed by atoms with Gasteiger partial charge in [0.25, 0.3) is 5.56 Å². The smallest absolute Gasteiger partial charge is 0.335 e. The van der Waals surface area contributed by atoms with Gasteiger partial charge in [-0.15, -0.1) is 0 Å². The monoisotopic (exact) mass is 255 g/mol. The average molecular weight is 255 g/mol. The van der Waals surface area contributed by atoms with Crippen LogP contribution in [0.3, 0.4) is 0 Å². The molecule has 0 aliphatic rings. The van der Waals surface area contributed by atoms with Crippen LogP contribution in [-0.4, -0.2) is 15.6 Å². The van der Waals surface area contributed by atoms with Gasteiger partial charge in [0.1, 0.15) is 0 Å². The number of hydrogen-bond donors (Lipinski definition) is 1. The highest BCUT2D eigenvalue weighted by Crippen LogP contribution is 2.01. The molecule has 1 heterocycles. The number of rotatable bonds is 4. The molecule has 2 aromatic rings. The summed E-state index contributed by atoms with van der Waals surface area (Å²) in [5, 5.41) is 8.76. The first-order valence-electron chi connectivity index (χ1n) is 5.82. The first-order chi connectivity index (χ1) is 9.16. The van der Waals surface area contributed by atoms with E-state index in [0.717, 1.165) is 11.6 Å². The van der Waals surface area contributed by atoms with Crippen LogP contribution in [0, 0.1) is 0 Å². The SMILES string of the molecule is O=C(O)c1ccn(C/C=C/c2ccccc2)c(=O)c1. The van der Waals surface area contributed by atoms with Gasteiger partial charge in [-0.05, 0) is 11.6 Å². The fourth-order valence-electron chi connectivity index (χ4n) is 1.66. The van der Waals surface area contributed by atoms with E-state index in [2.05, 4.69) is 0 Å². The van der Waals surface area contributed by atoms with Crippen LogP contribution in [0.2, 0.25) is 0 Å². The van der Waals surface area contributed by atoms with Crippen LogP contribution in [0.4, 0.5) is 0 Å². The molecule has 0 aliphatic carbocycles. The lowest BCUT2D eigenvalue weighted by Gasteiger charge is -2.02. The molecule has 0 atom stereocenters. The lowest BCUT2D eigenvalue weighted by molar-refractivity contribution is 0.0696. The molecular formula is C15H13NO3. The fraction of sp³-hybridized carbons (Fsp3) is 0.0667. The van der Waals surface area contributed by atoms with Crippen molar-refractivity contribution in [2.75, 3.05) is 0 Å². The first-order valence-corrected chi connectivity index (χ1v) is 5.82. The van der Waals surface area contributed by atoms with Gasteiger partial charge in [-0.1, -0.05) is 42.5 Å². The van der Waals surface area contributed by atoms with Crippen molar-refractivity contribution in [3.05, 3.63) is 76.2 Å². The van der Waals surface area contributed by atoms with Gasteiger partial charge in [0.2, 0.25) is 0 Å². The molecule has 0 saturated heterocycles. The molecule has 0 bridgehead atoms. The van der Waals surface area contributed by atoms with Crippen molar-refractivity contribution in [2.24, 2.45) is 0 Å². The molecule has 2 rings (SSSR count). The molecule has 4 nitrogen and oxygen atoms in total. The summed E-state index contributed by atoms with van der Waals surface area (Å²) in [5.41, 5.74) is 0.739. The summed E-state index contributed by atoms with van der Waals surface area (Å²) in [7, 11) is 0. The lowest BCUT2D eigenvalue weighted by atomic mass is 10.2. The third-order valence-electron chi connectivity index (χ3n) is 2.66. The number of benzene rings is 1. The van der Waals surface area contributed by atoms with E-state index in [4.69, 9.17) is 5.11 Å². The predicted octanol–water partition coefficient (Wildman–Crippen LogP) is 2.26. The number of aromatic nitrogens is 1. The lowest BCUT2D eigenvalue weighted by Crippen LogP contribution is -2.19. The molecule has 0 saturated carbocycles. The number of aromatic carboxylic acids is 1. The van der Waals surface area contributed by atoms with Crippen LogP contribution in [0.5, 0.6) is 0 Å². The Morgan fingerprint density at radius 1 is 1.21 bits per heavy atom. The van der Waals surface area contributed by atoms with Gasteiger partial charge in [0, 0.05) is 18.8 Å². The van der Waals surface area contributed by atoms with Crippen molar-refractivity contribution >= 4 is 12.0 Å². The third kappa shape index (κ3) is 3.42. The molecule has 0 spiro atoms. The van der Waals surface area contributed by atoms with Crippen LogP contribution >= 0.6 is 0 Å². The molecule has 19 heavy (non-hydrogen) atoms. The number of carboxylic acid groups (broad SMARTS) is 1. The molecule has 96 valence electrons. The normalized spacial score (nSPS) is 10.7. The Hall–Kier alpha value is -2.62. The van der Waals surface area contributed by atoms with Gasteiger partial charge in [-0.25, -0.2) is 4.79 Å². The summed E-state index contributed by atoms with van der Waals surface area (Å²) in [5.74, 6) is -1.09. The summed E-state index contributed by atoms with van der Waals surface area (Å²) >= 11 is 0. The maximum Gasteiger partial charge on any atom is 0.335 e. The molecule has 0 amide bonds.